The zero-order valence-electron chi connectivity index (χ0n) is 9.93. The molecule has 1 aromatic heterocycles. The normalized spacial score (nSPS) is 23.8. The van der Waals surface area contributed by atoms with Gasteiger partial charge in [0, 0.05) is 12.6 Å². The van der Waals surface area contributed by atoms with Gasteiger partial charge in [-0.3, -0.25) is 4.90 Å². The van der Waals surface area contributed by atoms with Gasteiger partial charge in [-0.2, -0.15) is 11.3 Å². The Labute approximate surface area is 102 Å². The smallest absolute Gasteiger partial charge is 0.0527 e. The third-order valence-corrected chi connectivity index (χ3v) is 4.11. The zero-order valence-corrected chi connectivity index (χ0v) is 10.7. The summed E-state index contributed by atoms with van der Waals surface area (Å²) >= 11 is 1.78. The van der Waals surface area contributed by atoms with E-state index in [1.54, 1.807) is 11.3 Å². The van der Waals surface area contributed by atoms with E-state index in [0.29, 0.717) is 6.04 Å². The molecule has 2 rings (SSSR count). The van der Waals surface area contributed by atoms with Crippen molar-refractivity contribution < 1.29 is 5.11 Å². The van der Waals surface area contributed by atoms with Crippen LogP contribution in [0.1, 0.15) is 31.7 Å². The minimum Gasteiger partial charge on any atom is -0.393 e. The number of hydrogen-bond acceptors (Lipinski definition) is 3. The van der Waals surface area contributed by atoms with Crippen LogP contribution in [-0.4, -0.2) is 35.2 Å². The van der Waals surface area contributed by atoms with Crippen LogP contribution < -0.4 is 0 Å². The Bertz CT molecular complexity index is 297. The fraction of sp³-hybridized carbons (Fsp3) is 0.692. The van der Waals surface area contributed by atoms with Crippen molar-refractivity contribution >= 4 is 11.3 Å². The molecule has 16 heavy (non-hydrogen) atoms. The molecule has 2 unspecified atom stereocenters. The van der Waals surface area contributed by atoms with Crippen LogP contribution in [0.4, 0.5) is 0 Å². The van der Waals surface area contributed by atoms with Crippen LogP contribution in [0.5, 0.6) is 0 Å². The van der Waals surface area contributed by atoms with E-state index in [1.807, 2.05) is 6.92 Å². The van der Waals surface area contributed by atoms with E-state index in [1.165, 1.54) is 24.9 Å². The lowest BCUT2D eigenvalue weighted by Gasteiger charge is -2.25. The first kappa shape index (κ1) is 12.1. The first-order chi connectivity index (χ1) is 7.75. The molecule has 0 amide bonds. The van der Waals surface area contributed by atoms with Crippen LogP contribution in [0.3, 0.4) is 0 Å². The molecule has 2 nitrogen and oxygen atoms in total. The summed E-state index contributed by atoms with van der Waals surface area (Å²) in [6, 6.07) is 2.82. The third kappa shape index (κ3) is 3.30. The lowest BCUT2D eigenvalue weighted by molar-refractivity contribution is 0.134. The highest BCUT2D eigenvalue weighted by molar-refractivity contribution is 7.07. The van der Waals surface area contributed by atoms with Gasteiger partial charge >= 0.3 is 0 Å². The largest absolute Gasteiger partial charge is 0.393 e. The van der Waals surface area contributed by atoms with Crippen molar-refractivity contribution in [2.45, 2.75) is 44.8 Å². The van der Waals surface area contributed by atoms with Gasteiger partial charge in [-0.25, -0.2) is 0 Å². The number of hydrogen-bond donors (Lipinski definition) is 1. The highest BCUT2D eigenvalue weighted by atomic mass is 32.1. The Balaban J connectivity index is 1.79. The molecule has 1 aromatic rings. The Morgan fingerprint density at radius 1 is 1.62 bits per heavy atom. The average Bonchev–Trinajstić information content (AvgIpc) is 2.84. The van der Waals surface area contributed by atoms with E-state index >= 15 is 0 Å². The predicted octanol–water partition coefficient (Wildman–Crippen LogP) is 2.53. The maximum atomic E-state index is 9.46. The molecule has 0 aliphatic carbocycles. The van der Waals surface area contributed by atoms with Gasteiger partial charge in [0.05, 0.1) is 6.10 Å². The molecule has 0 spiro atoms. The van der Waals surface area contributed by atoms with Crippen LogP contribution in [0, 0.1) is 0 Å². The second-order valence-corrected chi connectivity index (χ2v) is 5.58. The van der Waals surface area contributed by atoms with Crippen molar-refractivity contribution in [3.63, 3.8) is 0 Å². The number of thiophene rings is 1. The SMILES string of the molecule is CC(O)CC1CCCN1CCc1ccsc1. The number of likely N-dealkylation sites (tertiary alicyclic amines) is 1. The van der Waals surface area contributed by atoms with Crippen molar-refractivity contribution in [1.82, 2.24) is 4.90 Å². The van der Waals surface area contributed by atoms with Gasteiger partial charge in [0.1, 0.15) is 0 Å². The van der Waals surface area contributed by atoms with E-state index in [2.05, 4.69) is 21.7 Å². The molecule has 2 heterocycles. The number of nitrogens with zero attached hydrogens (tertiary/aromatic N) is 1. The monoisotopic (exact) mass is 239 g/mol. The molecule has 2 atom stereocenters. The first-order valence-corrected chi connectivity index (χ1v) is 7.13. The number of aliphatic hydroxyl groups excluding tert-OH is 1. The molecule has 1 aliphatic rings. The van der Waals surface area contributed by atoms with E-state index in [4.69, 9.17) is 0 Å². The molecule has 1 N–H and O–H groups in total. The summed E-state index contributed by atoms with van der Waals surface area (Å²) in [4.78, 5) is 2.55. The first-order valence-electron chi connectivity index (χ1n) is 6.19. The van der Waals surface area contributed by atoms with Gasteiger partial charge in [-0.1, -0.05) is 0 Å². The van der Waals surface area contributed by atoms with E-state index in [-0.39, 0.29) is 6.10 Å². The summed E-state index contributed by atoms with van der Waals surface area (Å²) in [5.41, 5.74) is 1.45. The quantitative estimate of drug-likeness (QED) is 0.853. The summed E-state index contributed by atoms with van der Waals surface area (Å²) < 4.78 is 0. The van der Waals surface area contributed by atoms with E-state index in [0.717, 1.165) is 19.4 Å². The van der Waals surface area contributed by atoms with Crippen molar-refractivity contribution in [3.8, 4) is 0 Å². The van der Waals surface area contributed by atoms with Crippen LogP contribution in [0.15, 0.2) is 16.8 Å². The lowest BCUT2D eigenvalue weighted by atomic mass is 10.1. The fourth-order valence-corrected chi connectivity index (χ4v) is 3.26. The number of rotatable bonds is 5. The van der Waals surface area contributed by atoms with Gasteiger partial charge in [-0.05, 0) is 61.5 Å². The van der Waals surface area contributed by atoms with E-state index in [9.17, 15) is 5.11 Å². The van der Waals surface area contributed by atoms with Crippen LogP contribution in [0.2, 0.25) is 0 Å². The lowest BCUT2D eigenvalue weighted by Crippen LogP contribution is -2.33. The Morgan fingerprint density at radius 3 is 3.19 bits per heavy atom. The Morgan fingerprint density at radius 2 is 2.50 bits per heavy atom. The highest BCUT2D eigenvalue weighted by Gasteiger charge is 2.24. The summed E-state index contributed by atoms with van der Waals surface area (Å²) in [6.45, 7) is 4.25. The molecule has 90 valence electrons. The summed E-state index contributed by atoms with van der Waals surface area (Å²) in [7, 11) is 0. The molecule has 0 bridgehead atoms. The standard InChI is InChI=1S/C13H21NOS/c1-11(15)9-13-3-2-6-14(13)7-4-12-5-8-16-10-12/h5,8,10-11,13,15H,2-4,6-7,9H2,1H3. The number of aliphatic hydroxyl groups is 1. The fourth-order valence-electron chi connectivity index (χ4n) is 2.56. The molecule has 1 fully saturated rings. The topological polar surface area (TPSA) is 23.5 Å². The minimum absolute atomic E-state index is 0.160. The molecular formula is C13H21NOS. The maximum absolute atomic E-state index is 9.46. The third-order valence-electron chi connectivity index (χ3n) is 3.38. The highest BCUT2D eigenvalue weighted by Crippen LogP contribution is 2.21. The van der Waals surface area contributed by atoms with Crippen molar-refractivity contribution in [3.05, 3.63) is 22.4 Å². The molecule has 3 heteroatoms. The summed E-state index contributed by atoms with van der Waals surface area (Å²) in [5, 5.41) is 13.8. The summed E-state index contributed by atoms with van der Waals surface area (Å²) in [6.07, 6.45) is 4.48. The van der Waals surface area contributed by atoms with Crippen LogP contribution >= 0.6 is 11.3 Å². The molecule has 1 aliphatic heterocycles. The molecule has 0 saturated carbocycles. The van der Waals surface area contributed by atoms with Crippen molar-refractivity contribution in [2.75, 3.05) is 13.1 Å². The molecule has 0 radical (unpaired) electrons. The zero-order chi connectivity index (χ0) is 11.4. The Hall–Kier alpha value is -0.380. The molecule has 1 saturated heterocycles. The van der Waals surface area contributed by atoms with Gasteiger partial charge < -0.3 is 5.11 Å². The minimum atomic E-state index is -0.160. The maximum Gasteiger partial charge on any atom is 0.0527 e. The van der Waals surface area contributed by atoms with E-state index < -0.39 is 0 Å². The van der Waals surface area contributed by atoms with Gasteiger partial charge in [0.2, 0.25) is 0 Å². The summed E-state index contributed by atoms with van der Waals surface area (Å²) in [5.74, 6) is 0. The molecular weight excluding hydrogens is 218 g/mol. The van der Waals surface area contributed by atoms with Gasteiger partial charge in [0.25, 0.3) is 0 Å². The van der Waals surface area contributed by atoms with Crippen molar-refractivity contribution in [2.24, 2.45) is 0 Å². The average molecular weight is 239 g/mol. The second kappa shape index (κ2) is 5.80. The van der Waals surface area contributed by atoms with Crippen LogP contribution in [-0.2, 0) is 6.42 Å². The van der Waals surface area contributed by atoms with Crippen LogP contribution in [0.25, 0.3) is 0 Å². The van der Waals surface area contributed by atoms with Gasteiger partial charge in [-0.15, -0.1) is 0 Å². The molecule has 0 aromatic carbocycles. The Kier molecular flexibility index (Phi) is 4.38. The predicted molar refractivity (Wildman–Crippen MR) is 68.9 cm³/mol. The van der Waals surface area contributed by atoms with Crippen molar-refractivity contribution in [1.29, 1.82) is 0 Å². The van der Waals surface area contributed by atoms with Gasteiger partial charge in [0.15, 0.2) is 0 Å². The second-order valence-electron chi connectivity index (χ2n) is 4.80.